The second kappa shape index (κ2) is 14.4. The number of benzene rings is 2. The molecule has 214 valence electrons. The largest absolute Gasteiger partial charge is 0.497 e. The van der Waals surface area contributed by atoms with Crippen molar-refractivity contribution in [2.24, 2.45) is 23.7 Å². The number of hydrogen-bond donors (Lipinski definition) is 1. The third kappa shape index (κ3) is 8.72. The van der Waals surface area contributed by atoms with Crippen LogP contribution in [0.4, 0.5) is 0 Å². The molecule has 7 nitrogen and oxygen atoms in total. The van der Waals surface area contributed by atoms with Gasteiger partial charge in [0, 0.05) is 24.0 Å². The molecular weight excluding hydrogens is 496 g/mol. The molecule has 5 atom stereocenters. The van der Waals surface area contributed by atoms with Crippen LogP contribution in [0.1, 0.15) is 57.1 Å². The molecule has 39 heavy (non-hydrogen) atoms. The maximum absolute atomic E-state index is 11.4. The van der Waals surface area contributed by atoms with E-state index < -0.39 is 6.10 Å². The molecule has 1 N–H and O–H groups in total. The summed E-state index contributed by atoms with van der Waals surface area (Å²) in [6.45, 7) is 3.32. The quantitative estimate of drug-likeness (QED) is 0.427. The highest BCUT2D eigenvalue weighted by molar-refractivity contribution is 5.79. The van der Waals surface area contributed by atoms with Crippen molar-refractivity contribution in [3.05, 3.63) is 47.5 Å². The minimum absolute atomic E-state index is 0.00232. The normalized spacial score (nSPS) is 23.9. The van der Waals surface area contributed by atoms with Crippen molar-refractivity contribution >= 4 is 11.6 Å². The predicted octanol–water partition coefficient (Wildman–Crippen LogP) is 5.47. The van der Waals surface area contributed by atoms with Crippen LogP contribution in [0.3, 0.4) is 0 Å². The minimum atomic E-state index is -0.402. The van der Waals surface area contributed by atoms with E-state index >= 15 is 0 Å². The van der Waals surface area contributed by atoms with E-state index in [0.29, 0.717) is 18.1 Å². The summed E-state index contributed by atoms with van der Waals surface area (Å²) in [7, 11) is 6.57. The summed E-state index contributed by atoms with van der Waals surface area (Å²) < 4.78 is 21.1. The van der Waals surface area contributed by atoms with E-state index in [4.69, 9.17) is 18.9 Å². The van der Waals surface area contributed by atoms with Crippen molar-refractivity contribution in [1.29, 1.82) is 0 Å². The zero-order valence-corrected chi connectivity index (χ0v) is 24.2. The van der Waals surface area contributed by atoms with Crippen LogP contribution in [0.2, 0.25) is 0 Å². The lowest BCUT2D eigenvalue weighted by molar-refractivity contribution is -0.121. The highest BCUT2D eigenvalue weighted by atomic mass is 16.5. The van der Waals surface area contributed by atoms with Crippen LogP contribution < -0.4 is 18.9 Å². The Kier molecular flexibility index (Phi) is 11.2. The average molecular weight is 541 g/mol. The number of Topliss-reactive ketones (excluding diaryl/α,β-unsaturated/α-hetero) is 2. The van der Waals surface area contributed by atoms with Crippen molar-refractivity contribution in [2.45, 2.75) is 64.9 Å². The molecule has 7 heteroatoms. The number of methoxy groups -OCH3 is 4. The Labute approximate surface area is 232 Å². The van der Waals surface area contributed by atoms with Gasteiger partial charge < -0.3 is 24.1 Å². The molecule has 2 aliphatic rings. The van der Waals surface area contributed by atoms with Crippen LogP contribution in [0.5, 0.6) is 23.0 Å². The number of ketones is 2. The van der Waals surface area contributed by atoms with Crippen LogP contribution in [0, 0.1) is 23.7 Å². The monoisotopic (exact) mass is 540 g/mol. The number of ether oxygens (including phenoxy) is 4. The molecule has 0 aliphatic heterocycles. The Hall–Kier alpha value is -3.06. The second-order valence-electron chi connectivity index (χ2n) is 10.9. The molecule has 0 saturated heterocycles. The molecule has 0 bridgehead atoms. The lowest BCUT2D eigenvalue weighted by atomic mass is 9.94. The lowest BCUT2D eigenvalue weighted by Gasteiger charge is -2.15. The smallest absolute Gasteiger partial charge is 0.133 e. The molecule has 4 rings (SSSR count). The SMILES string of the molecule is COc1cc(C[C@@H]2CC[C@@H](C(C)=O)C2)cc(OC)c1.COc1cc(C[C@H]2C[C@H](C(C)=O)CC2O)cc(OC)c1. The van der Waals surface area contributed by atoms with E-state index in [9.17, 15) is 14.7 Å². The van der Waals surface area contributed by atoms with Crippen molar-refractivity contribution in [3.8, 4) is 23.0 Å². The van der Waals surface area contributed by atoms with Crippen LogP contribution in [-0.4, -0.2) is 51.2 Å². The van der Waals surface area contributed by atoms with Crippen molar-refractivity contribution < 1.29 is 33.6 Å². The topological polar surface area (TPSA) is 91.3 Å². The molecular formula is C32H44O7. The first-order chi connectivity index (χ1) is 18.6. The van der Waals surface area contributed by atoms with Gasteiger partial charge in [0.1, 0.15) is 34.6 Å². The molecule has 0 amide bonds. The van der Waals surface area contributed by atoms with E-state index in [1.54, 1.807) is 42.3 Å². The lowest BCUT2D eigenvalue weighted by Crippen LogP contribution is -2.15. The van der Waals surface area contributed by atoms with Crippen LogP contribution in [0.15, 0.2) is 36.4 Å². The first-order valence-electron chi connectivity index (χ1n) is 13.8. The Bertz CT molecular complexity index is 1070. The van der Waals surface area contributed by atoms with Gasteiger partial charge in [-0.2, -0.15) is 0 Å². The number of carbonyl (C=O) groups is 2. The van der Waals surface area contributed by atoms with E-state index in [1.807, 2.05) is 24.3 Å². The minimum Gasteiger partial charge on any atom is -0.497 e. The standard InChI is InChI=1S/C16H22O4.C16H22O3/c1-10(17)12-7-13(16(18)8-12)4-11-5-14(19-2)9-15(6-11)20-3;1-11(17)14-5-4-12(7-14)6-13-8-15(18-2)10-16(9-13)19-3/h5-6,9,12-13,16,18H,4,7-8H2,1-3H3;8-10,12,14H,4-7H2,1-3H3/t12-,13-,16?;12-,14+/m00/s1. The Morgan fingerprint density at radius 3 is 1.51 bits per heavy atom. The molecule has 2 aliphatic carbocycles. The fourth-order valence-electron chi connectivity index (χ4n) is 5.89. The van der Waals surface area contributed by atoms with E-state index in [-0.39, 0.29) is 23.5 Å². The van der Waals surface area contributed by atoms with Gasteiger partial charge in [-0.3, -0.25) is 9.59 Å². The Balaban J connectivity index is 0.000000216. The molecule has 2 fully saturated rings. The first-order valence-corrected chi connectivity index (χ1v) is 13.8. The van der Waals surface area contributed by atoms with Crippen LogP contribution in [0.25, 0.3) is 0 Å². The van der Waals surface area contributed by atoms with Gasteiger partial charge in [-0.15, -0.1) is 0 Å². The summed E-state index contributed by atoms with van der Waals surface area (Å²) in [6, 6.07) is 11.7. The van der Waals surface area contributed by atoms with Crippen LogP contribution >= 0.6 is 0 Å². The Morgan fingerprint density at radius 1 is 0.667 bits per heavy atom. The van der Waals surface area contributed by atoms with Gasteiger partial charge in [0.15, 0.2) is 0 Å². The number of aliphatic hydroxyl groups excluding tert-OH is 1. The highest BCUT2D eigenvalue weighted by Gasteiger charge is 2.35. The van der Waals surface area contributed by atoms with Gasteiger partial charge >= 0.3 is 0 Å². The second-order valence-corrected chi connectivity index (χ2v) is 10.9. The summed E-state index contributed by atoms with van der Waals surface area (Å²) in [5.41, 5.74) is 2.29. The molecule has 0 heterocycles. The maximum atomic E-state index is 11.4. The fraction of sp³-hybridized carbons (Fsp3) is 0.562. The van der Waals surface area contributed by atoms with Crippen LogP contribution in [-0.2, 0) is 22.4 Å². The molecule has 1 unspecified atom stereocenters. The summed E-state index contributed by atoms with van der Waals surface area (Å²) in [6.07, 6.45) is 5.88. The molecule has 2 saturated carbocycles. The van der Waals surface area contributed by atoms with Crippen molar-refractivity contribution in [2.75, 3.05) is 28.4 Å². The summed E-state index contributed by atoms with van der Waals surface area (Å²) in [5, 5.41) is 10.1. The summed E-state index contributed by atoms with van der Waals surface area (Å²) in [5.74, 6) is 4.67. The molecule has 2 aromatic rings. The third-order valence-electron chi connectivity index (χ3n) is 8.19. The van der Waals surface area contributed by atoms with Gasteiger partial charge in [0.25, 0.3) is 0 Å². The average Bonchev–Trinajstić information content (AvgIpc) is 3.55. The maximum Gasteiger partial charge on any atom is 0.133 e. The highest BCUT2D eigenvalue weighted by Crippen LogP contribution is 2.36. The molecule has 0 radical (unpaired) electrons. The van der Waals surface area contributed by atoms with E-state index in [0.717, 1.165) is 67.1 Å². The van der Waals surface area contributed by atoms with E-state index in [2.05, 4.69) is 12.1 Å². The summed E-state index contributed by atoms with van der Waals surface area (Å²) >= 11 is 0. The van der Waals surface area contributed by atoms with Crippen molar-refractivity contribution in [3.63, 3.8) is 0 Å². The van der Waals surface area contributed by atoms with Gasteiger partial charge in [0.2, 0.25) is 0 Å². The van der Waals surface area contributed by atoms with Gasteiger partial charge in [0.05, 0.1) is 34.5 Å². The predicted molar refractivity (Wildman–Crippen MR) is 151 cm³/mol. The third-order valence-corrected chi connectivity index (χ3v) is 8.19. The zero-order valence-electron chi connectivity index (χ0n) is 24.2. The van der Waals surface area contributed by atoms with Gasteiger partial charge in [-0.05, 0) is 106 Å². The Morgan fingerprint density at radius 2 is 1.13 bits per heavy atom. The van der Waals surface area contributed by atoms with E-state index in [1.165, 1.54) is 5.56 Å². The number of aliphatic hydroxyl groups is 1. The fourth-order valence-corrected chi connectivity index (χ4v) is 5.89. The summed E-state index contributed by atoms with van der Waals surface area (Å²) in [4.78, 5) is 22.8. The van der Waals surface area contributed by atoms with Gasteiger partial charge in [-0.1, -0.05) is 0 Å². The van der Waals surface area contributed by atoms with Crippen molar-refractivity contribution in [1.82, 2.24) is 0 Å². The molecule has 0 spiro atoms. The molecule has 0 aromatic heterocycles. The number of carbonyl (C=O) groups excluding carboxylic acids is 2. The molecule has 2 aromatic carbocycles. The van der Waals surface area contributed by atoms with Gasteiger partial charge in [-0.25, -0.2) is 0 Å². The zero-order chi connectivity index (χ0) is 28.5. The first kappa shape index (κ1) is 30.5. The number of rotatable bonds is 10. The number of hydrogen-bond acceptors (Lipinski definition) is 7.